The molecular weight excluding hydrogens is 358 g/mol. The molecule has 0 saturated carbocycles. The minimum Gasteiger partial charge on any atom is -0.497 e. The van der Waals surface area contributed by atoms with Gasteiger partial charge in [-0.1, -0.05) is 12.1 Å². The highest BCUT2D eigenvalue weighted by molar-refractivity contribution is 7.90. The number of nitrogens with one attached hydrogen (secondary N) is 1. The first-order valence-electron chi connectivity index (χ1n) is 7.62. The van der Waals surface area contributed by atoms with Gasteiger partial charge in [-0.05, 0) is 17.7 Å². The number of aryl methyl sites for hydroxylation is 1. The average Bonchev–Trinajstić information content (AvgIpc) is 2.96. The third-order valence-electron chi connectivity index (χ3n) is 3.63. The summed E-state index contributed by atoms with van der Waals surface area (Å²) in [5.74, 6) is 0.0389. The maximum absolute atomic E-state index is 12.8. The van der Waals surface area contributed by atoms with Gasteiger partial charge in [0.15, 0.2) is 17.0 Å². The second-order valence-corrected chi connectivity index (χ2v) is 7.55. The second kappa shape index (κ2) is 6.71. The minimum atomic E-state index is -3.83. The van der Waals surface area contributed by atoms with E-state index in [1.54, 1.807) is 35.9 Å². The zero-order valence-electron chi connectivity index (χ0n) is 14.4. The summed E-state index contributed by atoms with van der Waals surface area (Å²) in [7, 11) is -0.618. The number of sulfone groups is 1. The summed E-state index contributed by atoms with van der Waals surface area (Å²) in [6.07, 6.45) is 1.48. The first-order chi connectivity index (χ1) is 12.3. The highest BCUT2D eigenvalue weighted by Gasteiger charge is 2.23. The van der Waals surface area contributed by atoms with Crippen LogP contribution in [0.3, 0.4) is 0 Å². The highest BCUT2D eigenvalue weighted by atomic mass is 32.2. The van der Waals surface area contributed by atoms with Crippen molar-refractivity contribution in [3.8, 4) is 5.75 Å². The molecule has 1 N–H and O–H groups in total. The third kappa shape index (κ3) is 3.49. The summed E-state index contributed by atoms with van der Waals surface area (Å²) in [5, 5.41) is 2.14. The Labute approximate surface area is 150 Å². The Morgan fingerprint density at radius 3 is 2.54 bits per heavy atom. The molecule has 26 heavy (non-hydrogen) atoms. The first kappa shape index (κ1) is 17.8. The number of fused-ring (bicyclic) bond motifs is 1. The summed E-state index contributed by atoms with van der Waals surface area (Å²) in [4.78, 5) is 23.7. The van der Waals surface area contributed by atoms with Gasteiger partial charge in [-0.2, -0.15) is 9.97 Å². The number of imidazole rings is 1. The second-order valence-electron chi connectivity index (χ2n) is 5.67. The van der Waals surface area contributed by atoms with Crippen LogP contribution in [-0.2, 0) is 27.4 Å². The van der Waals surface area contributed by atoms with E-state index < -0.39 is 9.84 Å². The summed E-state index contributed by atoms with van der Waals surface area (Å²) >= 11 is 0. The van der Waals surface area contributed by atoms with Crippen LogP contribution in [-0.4, -0.2) is 41.0 Å². The summed E-state index contributed by atoms with van der Waals surface area (Å²) in [6, 6.07) is 6.68. The predicted molar refractivity (Wildman–Crippen MR) is 94.5 cm³/mol. The van der Waals surface area contributed by atoms with Crippen molar-refractivity contribution in [2.75, 3.05) is 12.4 Å². The van der Waals surface area contributed by atoms with Gasteiger partial charge < -0.3 is 14.6 Å². The van der Waals surface area contributed by atoms with Crippen LogP contribution in [0.25, 0.3) is 11.2 Å². The van der Waals surface area contributed by atoms with Crippen molar-refractivity contribution in [1.29, 1.82) is 0 Å². The molecule has 0 bridgehead atoms. The van der Waals surface area contributed by atoms with Crippen LogP contribution < -0.4 is 10.1 Å². The number of amides is 1. The number of rotatable bonds is 5. The lowest BCUT2D eigenvalue weighted by Gasteiger charge is -2.08. The third-order valence-corrected chi connectivity index (χ3v) is 5.08. The number of hydrogen-bond acceptors (Lipinski definition) is 7. The summed E-state index contributed by atoms with van der Waals surface area (Å²) in [5.41, 5.74) is 1.21. The standard InChI is InChI=1S/C16H17N5O4S/c1-10(22)18-14-13-15(21(2)9-17-13)20-16(19-14)26(23,24)8-11-4-6-12(25-3)7-5-11/h4-7,9H,8H2,1-3H3,(H,18,19,20,22). The molecule has 1 amide bonds. The van der Waals surface area contributed by atoms with Crippen molar-refractivity contribution >= 4 is 32.7 Å². The van der Waals surface area contributed by atoms with E-state index in [9.17, 15) is 13.2 Å². The number of methoxy groups -OCH3 is 1. The highest BCUT2D eigenvalue weighted by Crippen LogP contribution is 2.23. The van der Waals surface area contributed by atoms with Crippen LogP contribution in [0.5, 0.6) is 5.75 Å². The van der Waals surface area contributed by atoms with Crippen molar-refractivity contribution in [1.82, 2.24) is 19.5 Å². The molecular formula is C16H17N5O4S. The monoisotopic (exact) mass is 375 g/mol. The molecule has 9 nitrogen and oxygen atoms in total. The molecule has 2 heterocycles. The maximum atomic E-state index is 12.8. The fourth-order valence-electron chi connectivity index (χ4n) is 2.39. The molecule has 0 aliphatic heterocycles. The van der Waals surface area contributed by atoms with Gasteiger partial charge in [0.1, 0.15) is 5.75 Å². The van der Waals surface area contributed by atoms with Crippen molar-refractivity contribution in [2.45, 2.75) is 17.8 Å². The van der Waals surface area contributed by atoms with E-state index in [1.165, 1.54) is 20.4 Å². The van der Waals surface area contributed by atoms with E-state index in [4.69, 9.17) is 4.74 Å². The molecule has 0 aliphatic rings. The molecule has 0 fully saturated rings. The molecule has 2 aromatic heterocycles. The van der Waals surface area contributed by atoms with E-state index in [1.807, 2.05) is 0 Å². The number of hydrogen-bond donors (Lipinski definition) is 1. The van der Waals surface area contributed by atoms with Crippen LogP contribution in [0.15, 0.2) is 35.7 Å². The normalized spacial score (nSPS) is 11.5. The fourth-order valence-corrected chi connectivity index (χ4v) is 3.60. The zero-order chi connectivity index (χ0) is 18.9. The Kier molecular flexibility index (Phi) is 4.60. The van der Waals surface area contributed by atoms with Gasteiger partial charge in [-0.3, -0.25) is 4.79 Å². The van der Waals surface area contributed by atoms with Gasteiger partial charge in [-0.15, -0.1) is 0 Å². The topological polar surface area (TPSA) is 116 Å². The molecule has 0 saturated heterocycles. The van der Waals surface area contributed by atoms with Crippen LogP contribution in [0, 0.1) is 0 Å². The van der Waals surface area contributed by atoms with E-state index in [2.05, 4.69) is 20.3 Å². The molecule has 136 valence electrons. The van der Waals surface area contributed by atoms with E-state index in [0.717, 1.165) is 0 Å². The number of aromatic nitrogens is 4. The Morgan fingerprint density at radius 2 is 1.92 bits per heavy atom. The van der Waals surface area contributed by atoms with E-state index in [0.29, 0.717) is 22.5 Å². The van der Waals surface area contributed by atoms with Crippen LogP contribution in [0.2, 0.25) is 0 Å². The van der Waals surface area contributed by atoms with E-state index in [-0.39, 0.29) is 22.6 Å². The number of carbonyl (C=O) groups excluding carboxylic acids is 1. The molecule has 10 heteroatoms. The van der Waals surface area contributed by atoms with Crippen LogP contribution >= 0.6 is 0 Å². The fraction of sp³-hybridized carbons (Fsp3) is 0.250. The van der Waals surface area contributed by atoms with E-state index >= 15 is 0 Å². The lowest BCUT2D eigenvalue weighted by atomic mass is 10.2. The molecule has 3 rings (SSSR count). The lowest BCUT2D eigenvalue weighted by Crippen LogP contribution is -2.14. The molecule has 0 spiro atoms. The van der Waals surface area contributed by atoms with Crippen LogP contribution in [0.4, 0.5) is 5.82 Å². The molecule has 3 aromatic rings. The van der Waals surface area contributed by atoms with Gasteiger partial charge in [0.2, 0.25) is 15.7 Å². The van der Waals surface area contributed by atoms with Crippen molar-refractivity contribution in [3.05, 3.63) is 36.2 Å². The number of carbonyl (C=O) groups is 1. The Morgan fingerprint density at radius 1 is 1.23 bits per heavy atom. The van der Waals surface area contributed by atoms with Crippen molar-refractivity contribution < 1.29 is 17.9 Å². The summed E-state index contributed by atoms with van der Waals surface area (Å²) < 4.78 is 32.2. The van der Waals surface area contributed by atoms with Gasteiger partial charge in [0.25, 0.3) is 5.16 Å². The molecule has 0 radical (unpaired) electrons. The van der Waals surface area contributed by atoms with Gasteiger partial charge >= 0.3 is 0 Å². The molecule has 0 unspecified atom stereocenters. The summed E-state index contributed by atoms with van der Waals surface area (Å²) in [6.45, 7) is 1.31. The average molecular weight is 375 g/mol. The minimum absolute atomic E-state index is 0.0661. The molecule has 0 aliphatic carbocycles. The molecule has 1 aromatic carbocycles. The van der Waals surface area contributed by atoms with Gasteiger partial charge in [0, 0.05) is 14.0 Å². The maximum Gasteiger partial charge on any atom is 0.251 e. The predicted octanol–water partition coefficient (Wildman–Crippen LogP) is 1.30. The van der Waals surface area contributed by atoms with Crippen molar-refractivity contribution in [3.63, 3.8) is 0 Å². The number of anilines is 1. The SMILES string of the molecule is COc1ccc(CS(=O)(=O)c2nc(NC(C)=O)c3ncn(C)c3n2)cc1. The Hall–Kier alpha value is -3.01. The van der Waals surface area contributed by atoms with Gasteiger partial charge in [-0.25, -0.2) is 13.4 Å². The number of benzene rings is 1. The number of ether oxygens (including phenoxy) is 1. The van der Waals surface area contributed by atoms with Gasteiger partial charge in [0.05, 0.1) is 19.2 Å². The smallest absolute Gasteiger partial charge is 0.251 e. The zero-order valence-corrected chi connectivity index (χ0v) is 15.2. The Bertz CT molecular complexity index is 1070. The Balaban J connectivity index is 2.04. The quantitative estimate of drug-likeness (QED) is 0.668. The molecule has 0 atom stereocenters. The first-order valence-corrected chi connectivity index (χ1v) is 9.28. The van der Waals surface area contributed by atoms with Crippen molar-refractivity contribution in [2.24, 2.45) is 7.05 Å². The largest absolute Gasteiger partial charge is 0.497 e. The van der Waals surface area contributed by atoms with Crippen LogP contribution in [0.1, 0.15) is 12.5 Å². The lowest BCUT2D eigenvalue weighted by molar-refractivity contribution is -0.114. The number of nitrogens with zero attached hydrogens (tertiary/aromatic N) is 4.